The third-order valence-corrected chi connectivity index (χ3v) is 1.79. The topological polar surface area (TPSA) is 24.1 Å². The second kappa shape index (κ2) is 3.03. The van der Waals surface area contributed by atoms with E-state index in [1.165, 1.54) is 5.56 Å². The van der Waals surface area contributed by atoms with Gasteiger partial charge in [-0.1, -0.05) is 30.3 Å². The van der Waals surface area contributed by atoms with Crippen LogP contribution in [0.3, 0.4) is 0 Å². The standard InChI is InChI=1S/C9H11N2/c1-2-4-8(5-3-1)9-10-6-7-11-9/h1-5,10-11H,6-7H2. The zero-order chi connectivity index (χ0) is 7.52. The molecule has 57 valence electrons. The molecule has 1 aromatic rings. The number of nitrogens with one attached hydrogen (secondary N) is 2. The average Bonchev–Trinajstić information content (AvgIpc) is 2.58. The van der Waals surface area contributed by atoms with Crippen LogP contribution in [0, 0.1) is 6.17 Å². The van der Waals surface area contributed by atoms with Crippen LogP contribution in [0.4, 0.5) is 0 Å². The minimum atomic E-state index is 1.03. The molecule has 0 bridgehead atoms. The van der Waals surface area contributed by atoms with Crippen LogP contribution < -0.4 is 10.6 Å². The van der Waals surface area contributed by atoms with Crippen molar-refractivity contribution in [1.82, 2.24) is 10.6 Å². The fourth-order valence-electron chi connectivity index (χ4n) is 1.25. The highest BCUT2D eigenvalue weighted by molar-refractivity contribution is 5.29. The molecule has 0 aliphatic carbocycles. The molecule has 0 aromatic heterocycles. The molecule has 1 aliphatic heterocycles. The highest BCUT2D eigenvalue weighted by Gasteiger charge is 2.15. The van der Waals surface area contributed by atoms with Gasteiger partial charge in [0, 0.05) is 13.1 Å². The van der Waals surface area contributed by atoms with E-state index in [1.54, 1.807) is 0 Å². The van der Waals surface area contributed by atoms with Gasteiger partial charge in [-0.3, -0.25) is 10.6 Å². The predicted octanol–water partition coefficient (Wildman–Crippen LogP) is 0.717. The van der Waals surface area contributed by atoms with E-state index in [-0.39, 0.29) is 0 Å². The van der Waals surface area contributed by atoms with Crippen LogP contribution in [0.15, 0.2) is 30.3 Å². The molecule has 1 heterocycles. The van der Waals surface area contributed by atoms with Gasteiger partial charge in [0.15, 0.2) is 0 Å². The number of hydrogen-bond donors (Lipinski definition) is 2. The summed E-state index contributed by atoms with van der Waals surface area (Å²) >= 11 is 0. The summed E-state index contributed by atoms with van der Waals surface area (Å²) in [5.74, 6) is 0. The molecule has 2 nitrogen and oxygen atoms in total. The summed E-state index contributed by atoms with van der Waals surface area (Å²) < 4.78 is 0. The van der Waals surface area contributed by atoms with Crippen LogP contribution in [0.1, 0.15) is 5.56 Å². The molecule has 0 unspecified atom stereocenters. The summed E-state index contributed by atoms with van der Waals surface area (Å²) in [6.45, 7) is 2.06. The first-order valence-electron chi connectivity index (χ1n) is 3.87. The van der Waals surface area contributed by atoms with Crippen molar-refractivity contribution in [3.05, 3.63) is 42.1 Å². The third-order valence-electron chi connectivity index (χ3n) is 1.79. The van der Waals surface area contributed by atoms with E-state index in [4.69, 9.17) is 0 Å². The molecular weight excluding hydrogens is 136 g/mol. The lowest BCUT2D eigenvalue weighted by Gasteiger charge is -2.07. The Morgan fingerprint density at radius 3 is 2.18 bits per heavy atom. The minimum Gasteiger partial charge on any atom is -0.291 e. The maximum absolute atomic E-state index is 3.28. The van der Waals surface area contributed by atoms with E-state index < -0.39 is 0 Å². The molecule has 0 atom stereocenters. The maximum Gasteiger partial charge on any atom is 0.132 e. The zero-order valence-corrected chi connectivity index (χ0v) is 6.30. The average molecular weight is 147 g/mol. The largest absolute Gasteiger partial charge is 0.291 e. The Balaban J connectivity index is 2.16. The van der Waals surface area contributed by atoms with Gasteiger partial charge in [0.2, 0.25) is 0 Å². The van der Waals surface area contributed by atoms with Gasteiger partial charge in [-0.15, -0.1) is 0 Å². The van der Waals surface area contributed by atoms with Crippen molar-refractivity contribution in [3.8, 4) is 0 Å². The Labute approximate surface area is 66.6 Å². The third kappa shape index (κ3) is 1.42. The first kappa shape index (κ1) is 6.83. The molecular formula is C9H11N2. The van der Waals surface area contributed by atoms with Crippen molar-refractivity contribution < 1.29 is 0 Å². The highest BCUT2D eigenvalue weighted by Crippen LogP contribution is 2.09. The first-order valence-corrected chi connectivity index (χ1v) is 3.87. The molecule has 2 rings (SSSR count). The summed E-state index contributed by atoms with van der Waals surface area (Å²) in [4.78, 5) is 0. The highest BCUT2D eigenvalue weighted by atomic mass is 15.2. The van der Waals surface area contributed by atoms with Crippen LogP contribution >= 0.6 is 0 Å². The van der Waals surface area contributed by atoms with Crippen molar-refractivity contribution in [3.63, 3.8) is 0 Å². The van der Waals surface area contributed by atoms with Crippen molar-refractivity contribution >= 4 is 0 Å². The molecule has 1 radical (unpaired) electrons. The molecule has 2 heteroatoms. The SMILES string of the molecule is c1ccc([C]2NCCN2)cc1. The molecule has 0 amide bonds. The van der Waals surface area contributed by atoms with Crippen LogP contribution in [-0.2, 0) is 0 Å². The Morgan fingerprint density at radius 2 is 1.55 bits per heavy atom. The van der Waals surface area contributed by atoms with Gasteiger partial charge >= 0.3 is 0 Å². The second-order valence-electron chi connectivity index (χ2n) is 2.59. The number of benzene rings is 1. The monoisotopic (exact) mass is 147 g/mol. The van der Waals surface area contributed by atoms with E-state index in [0.29, 0.717) is 0 Å². The number of rotatable bonds is 1. The van der Waals surface area contributed by atoms with Gasteiger partial charge in [-0.05, 0) is 5.56 Å². The molecule has 0 spiro atoms. The van der Waals surface area contributed by atoms with E-state index in [1.807, 2.05) is 18.2 Å². The van der Waals surface area contributed by atoms with Gasteiger partial charge in [-0.2, -0.15) is 0 Å². The summed E-state index contributed by atoms with van der Waals surface area (Å²) in [5, 5.41) is 6.56. The second-order valence-corrected chi connectivity index (χ2v) is 2.59. The molecule has 1 fully saturated rings. The first-order chi connectivity index (χ1) is 5.47. The summed E-state index contributed by atoms with van der Waals surface area (Å²) in [6.07, 6.45) is 1.16. The van der Waals surface area contributed by atoms with Crippen molar-refractivity contribution in [2.24, 2.45) is 0 Å². The van der Waals surface area contributed by atoms with Crippen LogP contribution in [-0.4, -0.2) is 13.1 Å². The summed E-state index contributed by atoms with van der Waals surface area (Å²) in [5.41, 5.74) is 1.24. The summed E-state index contributed by atoms with van der Waals surface area (Å²) in [6, 6.07) is 10.3. The quantitative estimate of drug-likeness (QED) is 0.611. The Morgan fingerprint density at radius 1 is 0.909 bits per heavy atom. The Kier molecular flexibility index (Phi) is 1.88. The lowest BCUT2D eigenvalue weighted by molar-refractivity contribution is 0.811. The summed E-state index contributed by atoms with van der Waals surface area (Å²) in [7, 11) is 0. The van der Waals surface area contributed by atoms with Crippen LogP contribution in [0.5, 0.6) is 0 Å². The van der Waals surface area contributed by atoms with E-state index in [9.17, 15) is 0 Å². The molecule has 1 aromatic carbocycles. The minimum absolute atomic E-state index is 1.03. The maximum atomic E-state index is 3.28. The van der Waals surface area contributed by atoms with Gasteiger partial charge in [0.05, 0.1) is 0 Å². The van der Waals surface area contributed by atoms with Gasteiger partial charge in [0.1, 0.15) is 6.17 Å². The van der Waals surface area contributed by atoms with Crippen molar-refractivity contribution in [2.75, 3.05) is 13.1 Å². The molecule has 1 aliphatic rings. The Bertz CT molecular complexity index is 214. The van der Waals surface area contributed by atoms with Crippen LogP contribution in [0.2, 0.25) is 0 Å². The lowest BCUT2D eigenvalue weighted by atomic mass is 10.2. The Hall–Kier alpha value is -0.860. The van der Waals surface area contributed by atoms with E-state index in [2.05, 4.69) is 22.8 Å². The van der Waals surface area contributed by atoms with Crippen molar-refractivity contribution in [2.45, 2.75) is 0 Å². The zero-order valence-electron chi connectivity index (χ0n) is 6.30. The molecule has 1 saturated heterocycles. The van der Waals surface area contributed by atoms with E-state index >= 15 is 0 Å². The van der Waals surface area contributed by atoms with Gasteiger partial charge in [0.25, 0.3) is 0 Å². The molecule has 11 heavy (non-hydrogen) atoms. The lowest BCUT2D eigenvalue weighted by Crippen LogP contribution is -2.21. The smallest absolute Gasteiger partial charge is 0.132 e. The fraction of sp³-hybridized carbons (Fsp3) is 0.222. The fourth-order valence-corrected chi connectivity index (χ4v) is 1.25. The van der Waals surface area contributed by atoms with E-state index in [0.717, 1.165) is 19.3 Å². The predicted molar refractivity (Wildman–Crippen MR) is 44.8 cm³/mol. The van der Waals surface area contributed by atoms with Gasteiger partial charge < -0.3 is 0 Å². The molecule has 2 N–H and O–H groups in total. The molecule has 0 saturated carbocycles. The van der Waals surface area contributed by atoms with Crippen LogP contribution in [0.25, 0.3) is 0 Å². The van der Waals surface area contributed by atoms with Gasteiger partial charge in [-0.25, -0.2) is 0 Å². The van der Waals surface area contributed by atoms with Crippen molar-refractivity contribution in [1.29, 1.82) is 0 Å². The normalized spacial score (nSPS) is 18.9. The number of hydrogen-bond acceptors (Lipinski definition) is 2.